The van der Waals surface area contributed by atoms with Crippen LogP contribution in [0.3, 0.4) is 0 Å². The molecule has 0 saturated heterocycles. The Morgan fingerprint density at radius 3 is 2.42 bits per heavy atom. The monoisotopic (exact) mass is 394 g/mol. The molecule has 0 unspecified atom stereocenters. The van der Waals surface area contributed by atoms with Crippen molar-refractivity contribution in [3.05, 3.63) is 74.3 Å². The van der Waals surface area contributed by atoms with Gasteiger partial charge in [-0.3, -0.25) is 14.9 Å². The molecular weight excluding hydrogens is 383 g/mol. The number of halogens is 2. The van der Waals surface area contributed by atoms with Crippen LogP contribution in [0.25, 0.3) is 6.08 Å². The van der Waals surface area contributed by atoms with E-state index in [1.54, 1.807) is 18.2 Å². The molecule has 134 valence electrons. The van der Waals surface area contributed by atoms with E-state index < -0.39 is 23.4 Å². The summed E-state index contributed by atoms with van der Waals surface area (Å²) in [4.78, 5) is 33.3. The average molecular weight is 395 g/mol. The van der Waals surface area contributed by atoms with Gasteiger partial charge in [-0.05, 0) is 35.9 Å². The second-order valence-electron chi connectivity index (χ2n) is 4.97. The summed E-state index contributed by atoms with van der Waals surface area (Å²) in [5.74, 6) is -1.29. The summed E-state index contributed by atoms with van der Waals surface area (Å²) in [6.07, 6.45) is 2.62. The second kappa shape index (κ2) is 8.98. The number of nitro groups is 1. The lowest BCUT2D eigenvalue weighted by molar-refractivity contribution is -0.384. The Hall–Kier alpha value is -2.90. The topological polar surface area (TPSA) is 98.5 Å². The van der Waals surface area contributed by atoms with Gasteiger partial charge in [-0.25, -0.2) is 4.79 Å². The lowest BCUT2D eigenvalue weighted by Crippen LogP contribution is -2.20. The van der Waals surface area contributed by atoms with Crippen molar-refractivity contribution in [2.75, 3.05) is 11.9 Å². The third-order valence-corrected chi connectivity index (χ3v) is 3.80. The van der Waals surface area contributed by atoms with Crippen LogP contribution in [0.5, 0.6) is 0 Å². The number of nitrogens with zero attached hydrogens (tertiary/aromatic N) is 1. The van der Waals surface area contributed by atoms with E-state index in [1.165, 1.54) is 30.3 Å². The molecule has 0 radical (unpaired) electrons. The molecule has 0 fully saturated rings. The Morgan fingerprint density at radius 1 is 1.12 bits per heavy atom. The summed E-state index contributed by atoms with van der Waals surface area (Å²) in [6.45, 7) is -0.498. The van der Waals surface area contributed by atoms with Gasteiger partial charge in [0.05, 0.1) is 15.0 Å². The maximum atomic E-state index is 11.7. The van der Waals surface area contributed by atoms with E-state index in [0.29, 0.717) is 21.3 Å². The van der Waals surface area contributed by atoms with Crippen LogP contribution >= 0.6 is 23.2 Å². The van der Waals surface area contributed by atoms with Crippen molar-refractivity contribution in [2.24, 2.45) is 0 Å². The van der Waals surface area contributed by atoms with Gasteiger partial charge in [0.1, 0.15) is 0 Å². The quantitative estimate of drug-likeness (QED) is 0.344. The normalized spacial score (nSPS) is 10.5. The van der Waals surface area contributed by atoms with Gasteiger partial charge in [-0.1, -0.05) is 29.3 Å². The fraction of sp³-hybridized carbons (Fsp3) is 0.0588. The van der Waals surface area contributed by atoms with Crippen molar-refractivity contribution in [1.82, 2.24) is 0 Å². The minimum atomic E-state index is -0.713. The molecule has 0 bridgehead atoms. The second-order valence-corrected chi connectivity index (χ2v) is 5.78. The maximum absolute atomic E-state index is 11.7. The minimum absolute atomic E-state index is 0.0955. The van der Waals surface area contributed by atoms with Crippen molar-refractivity contribution < 1.29 is 19.2 Å². The van der Waals surface area contributed by atoms with Crippen molar-refractivity contribution in [2.45, 2.75) is 0 Å². The van der Waals surface area contributed by atoms with Crippen molar-refractivity contribution in [1.29, 1.82) is 0 Å². The lowest BCUT2D eigenvalue weighted by Gasteiger charge is -2.05. The Bertz CT molecular complexity index is 866. The molecule has 0 aliphatic carbocycles. The number of amides is 1. The molecule has 9 heteroatoms. The van der Waals surface area contributed by atoms with Gasteiger partial charge >= 0.3 is 5.97 Å². The van der Waals surface area contributed by atoms with E-state index in [1.807, 2.05) is 0 Å². The number of non-ortho nitro benzene ring substituents is 1. The predicted molar refractivity (Wildman–Crippen MR) is 98.2 cm³/mol. The molecule has 2 aromatic rings. The number of nitro benzene ring substituents is 1. The Kier molecular flexibility index (Phi) is 6.71. The summed E-state index contributed by atoms with van der Waals surface area (Å²) in [7, 11) is 0. The highest BCUT2D eigenvalue weighted by Gasteiger charge is 2.08. The third kappa shape index (κ3) is 5.87. The van der Waals surface area contributed by atoms with Gasteiger partial charge in [0.15, 0.2) is 6.61 Å². The molecule has 2 aromatic carbocycles. The summed E-state index contributed by atoms with van der Waals surface area (Å²) < 4.78 is 4.81. The molecule has 2 rings (SSSR count). The summed E-state index contributed by atoms with van der Waals surface area (Å²) in [5.41, 5.74) is 0.900. The number of carbonyl (C=O) groups is 2. The Balaban J connectivity index is 1.82. The molecule has 0 heterocycles. The largest absolute Gasteiger partial charge is 0.452 e. The van der Waals surface area contributed by atoms with Crippen LogP contribution in [0.2, 0.25) is 10.0 Å². The fourth-order valence-corrected chi connectivity index (χ4v) is 2.14. The van der Waals surface area contributed by atoms with Gasteiger partial charge in [-0.15, -0.1) is 0 Å². The highest BCUT2D eigenvalue weighted by molar-refractivity contribution is 6.42. The fourth-order valence-electron chi connectivity index (χ4n) is 1.83. The molecular formula is C17H12Cl2N2O5. The molecule has 0 saturated carbocycles. The molecule has 1 amide bonds. The maximum Gasteiger partial charge on any atom is 0.331 e. The first-order valence-corrected chi connectivity index (χ1v) is 7.95. The number of ether oxygens (including phenoxy) is 1. The highest BCUT2D eigenvalue weighted by atomic mass is 35.5. The first-order chi connectivity index (χ1) is 12.3. The number of rotatable bonds is 6. The molecule has 1 N–H and O–H groups in total. The Labute approximate surface area is 158 Å². The van der Waals surface area contributed by atoms with E-state index in [-0.39, 0.29) is 5.69 Å². The molecule has 0 spiro atoms. The zero-order valence-corrected chi connectivity index (χ0v) is 14.7. The van der Waals surface area contributed by atoms with Gasteiger partial charge in [0.25, 0.3) is 11.6 Å². The van der Waals surface area contributed by atoms with Crippen LogP contribution in [0.15, 0.2) is 48.5 Å². The molecule has 0 aliphatic heterocycles. The first kappa shape index (κ1) is 19.4. The van der Waals surface area contributed by atoms with Crippen LogP contribution in [0.1, 0.15) is 5.56 Å². The molecule has 7 nitrogen and oxygen atoms in total. The molecule has 26 heavy (non-hydrogen) atoms. The van der Waals surface area contributed by atoms with E-state index in [2.05, 4.69) is 5.32 Å². The molecule has 0 aromatic heterocycles. The summed E-state index contributed by atoms with van der Waals surface area (Å²) in [6, 6.07) is 10.1. The number of hydrogen-bond acceptors (Lipinski definition) is 5. The van der Waals surface area contributed by atoms with Crippen molar-refractivity contribution in [3.8, 4) is 0 Å². The SMILES string of the molecule is O=C(COC(=O)/C=C/c1ccc(Cl)c(Cl)c1)Nc1ccc([N+](=O)[O-])cc1. The van der Waals surface area contributed by atoms with E-state index in [0.717, 1.165) is 6.08 Å². The minimum Gasteiger partial charge on any atom is -0.452 e. The van der Waals surface area contributed by atoms with Crippen LogP contribution < -0.4 is 5.32 Å². The highest BCUT2D eigenvalue weighted by Crippen LogP contribution is 2.23. The Morgan fingerprint density at radius 2 is 1.81 bits per heavy atom. The molecule has 0 aliphatic rings. The standard InChI is InChI=1S/C17H12Cl2N2O5/c18-14-7-1-11(9-15(14)19)2-8-17(23)26-10-16(22)20-12-3-5-13(6-4-12)21(24)25/h1-9H,10H2,(H,20,22)/b8-2+. The van der Waals surface area contributed by atoms with Gasteiger partial charge in [0, 0.05) is 23.9 Å². The van der Waals surface area contributed by atoms with Crippen LogP contribution in [0, 0.1) is 10.1 Å². The predicted octanol–water partition coefficient (Wildman–Crippen LogP) is 4.10. The van der Waals surface area contributed by atoms with Gasteiger partial charge < -0.3 is 10.1 Å². The van der Waals surface area contributed by atoms with E-state index >= 15 is 0 Å². The van der Waals surface area contributed by atoms with Crippen LogP contribution in [-0.2, 0) is 14.3 Å². The van der Waals surface area contributed by atoms with Gasteiger partial charge in [0.2, 0.25) is 0 Å². The number of anilines is 1. The van der Waals surface area contributed by atoms with Crippen molar-refractivity contribution in [3.63, 3.8) is 0 Å². The van der Waals surface area contributed by atoms with Gasteiger partial charge in [-0.2, -0.15) is 0 Å². The number of carbonyl (C=O) groups excluding carboxylic acids is 2. The van der Waals surface area contributed by atoms with E-state index in [4.69, 9.17) is 27.9 Å². The van der Waals surface area contributed by atoms with Crippen LogP contribution in [0.4, 0.5) is 11.4 Å². The summed E-state index contributed by atoms with van der Waals surface area (Å²) >= 11 is 11.7. The first-order valence-electron chi connectivity index (χ1n) is 7.19. The third-order valence-electron chi connectivity index (χ3n) is 3.06. The number of esters is 1. The average Bonchev–Trinajstić information content (AvgIpc) is 2.61. The zero-order chi connectivity index (χ0) is 19.1. The number of benzene rings is 2. The van der Waals surface area contributed by atoms with Crippen LogP contribution in [-0.4, -0.2) is 23.4 Å². The lowest BCUT2D eigenvalue weighted by atomic mass is 10.2. The van der Waals surface area contributed by atoms with E-state index in [9.17, 15) is 19.7 Å². The smallest absolute Gasteiger partial charge is 0.331 e. The number of hydrogen-bond donors (Lipinski definition) is 1. The summed E-state index contributed by atoms with van der Waals surface area (Å²) in [5, 5.41) is 13.8. The molecule has 0 atom stereocenters. The number of nitrogens with one attached hydrogen (secondary N) is 1. The van der Waals surface area contributed by atoms with Crippen molar-refractivity contribution >= 4 is 52.5 Å². The zero-order valence-electron chi connectivity index (χ0n) is 13.1.